The molecule has 0 fully saturated rings. The zero-order chi connectivity index (χ0) is 18.9. The largest absolute Gasteiger partial charge is 0.385 e. The predicted molar refractivity (Wildman–Crippen MR) is 111 cm³/mol. The molecule has 4 heteroatoms. The lowest BCUT2D eigenvalue weighted by Crippen LogP contribution is -2.31. The van der Waals surface area contributed by atoms with E-state index in [2.05, 4.69) is 16.4 Å². The Balaban J connectivity index is 1.59. The normalized spacial score (nSPS) is 13.7. The van der Waals surface area contributed by atoms with Crippen LogP contribution in [-0.4, -0.2) is 28.9 Å². The molecule has 0 radical (unpaired) electrons. The SMILES string of the molecule is CCN(Cc1ccccc1)C(=O)c1cc(NCCC2=CCCCC2)ccn1. The monoisotopic (exact) mass is 363 g/mol. The van der Waals surface area contributed by atoms with Crippen molar-refractivity contribution in [1.82, 2.24) is 9.88 Å². The lowest BCUT2D eigenvalue weighted by molar-refractivity contribution is 0.0746. The van der Waals surface area contributed by atoms with Crippen LogP contribution in [0.3, 0.4) is 0 Å². The molecule has 1 aromatic heterocycles. The number of hydrogen-bond acceptors (Lipinski definition) is 3. The van der Waals surface area contributed by atoms with Crippen LogP contribution in [0.5, 0.6) is 0 Å². The van der Waals surface area contributed by atoms with Crippen LogP contribution < -0.4 is 5.32 Å². The van der Waals surface area contributed by atoms with Gasteiger partial charge in [0.25, 0.3) is 5.91 Å². The molecule has 27 heavy (non-hydrogen) atoms. The smallest absolute Gasteiger partial charge is 0.272 e. The van der Waals surface area contributed by atoms with Crippen molar-refractivity contribution >= 4 is 11.6 Å². The highest BCUT2D eigenvalue weighted by Gasteiger charge is 2.16. The molecule has 0 unspecified atom stereocenters. The number of allylic oxidation sites excluding steroid dienone is 1. The number of hydrogen-bond donors (Lipinski definition) is 1. The summed E-state index contributed by atoms with van der Waals surface area (Å²) in [4.78, 5) is 19.0. The minimum Gasteiger partial charge on any atom is -0.385 e. The van der Waals surface area contributed by atoms with Crippen LogP contribution >= 0.6 is 0 Å². The second kappa shape index (κ2) is 9.91. The van der Waals surface area contributed by atoms with Crippen molar-refractivity contribution in [2.24, 2.45) is 0 Å². The molecule has 1 N–H and O–H groups in total. The maximum atomic E-state index is 12.9. The number of pyridine rings is 1. The van der Waals surface area contributed by atoms with Gasteiger partial charge in [-0.05, 0) is 56.7 Å². The van der Waals surface area contributed by atoms with Crippen LogP contribution in [0.25, 0.3) is 0 Å². The van der Waals surface area contributed by atoms with E-state index in [0.29, 0.717) is 18.8 Å². The van der Waals surface area contributed by atoms with Gasteiger partial charge >= 0.3 is 0 Å². The van der Waals surface area contributed by atoms with Crippen molar-refractivity contribution in [3.05, 3.63) is 71.6 Å². The fourth-order valence-electron chi connectivity index (χ4n) is 3.45. The number of nitrogens with zero attached hydrogens (tertiary/aromatic N) is 2. The number of carbonyl (C=O) groups excluding carboxylic acids is 1. The Morgan fingerprint density at radius 1 is 1.19 bits per heavy atom. The second-order valence-corrected chi connectivity index (χ2v) is 7.02. The van der Waals surface area contributed by atoms with E-state index < -0.39 is 0 Å². The molecular formula is C23H29N3O. The van der Waals surface area contributed by atoms with Crippen molar-refractivity contribution in [3.8, 4) is 0 Å². The van der Waals surface area contributed by atoms with Gasteiger partial charge in [0.15, 0.2) is 0 Å². The Morgan fingerprint density at radius 3 is 2.78 bits per heavy atom. The van der Waals surface area contributed by atoms with E-state index in [-0.39, 0.29) is 5.91 Å². The highest BCUT2D eigenvalue weighted by atomic mass is 16.2. The van der Waals surface area contributed by atoms with Crippen molar-refractivity contribution < 1.29 is 4.79 Å². The molecule has 0 spiro atoms. The first-order valence-corrected chi connectivity index (χ1v) is 9.97. The molecule has 1 heterocycles. The van der Waals surface area contributed by atoms with Crippen molar-refractivity contribution in [2.45, 2.75) is 45.6 Å². The molecular weight excluding hydrogens is 334 g/mol. The van der Waals surface area contributed by atoms with Crippen molar-refractivity contribution in [3.63, 3.8) is 0 Å². The summed E-state index contributed by atoms with van der Waals surface area (Å²) < 4.78 is 0. The number of aromatic nitrogens is 1. The zero-order valence-electron chi connectivity index (χ0n) is 16.2. The number of anilines is 1. The average Bonchev–Trinajstić information content (AvgIpc) is 2.73. The summed E-state index contributed by atoms with van der Waals surface area (Å²) >= 11 is 0. The van der Waals surface area contributed by atoms with Gasteiger partial charge < -0.3 is 10.2 Å². The first-order valence-electron chi connectivity index (χ1n) is 9.97. The molecule has 0 bridgehead atoms. The van der Waals surface area contributed by atoms with Gasteiger partial charge in [-0.2, -0.15) is 0 Å². The van der Waals surface area contributed by atoms with Crippen LogP contribution in [0.4, 0.5) is 5.69 Å². The number of nitrogens with one attached hydrogen (secondary N) is 1. The van der Waals surface area contributed by atoms with E-state index in [9.17, 15) is 4.79 Å². The molecule has 2 aromatic rings. The van der Waals surface area contributed by atoms with Crippen LogP contribution in [-0.2, 0) is 6.54 Å². The first kappa shape index (κ1) is 19.2. The van der Waals surface area contributed by atoms with Gasteiger partial charge in [-0.15, -0.1) is 0 Å². The zero-order valence-corrected chi connectivity index (χ0v) is 16.2. The van der Waals surface area contributed by atoms with E-state index in [0.717, 1.165) is 24.2 Å². The lowest BCUT2D eigenvalue weighted by atomic mass is 9.97. The van der Waals surface area contributed by atoms with Crippen LogP contribution in [0.1, 0.15) is 55.1 Å². The van der Waals surface area contributed by atoms with Gasteiger partial charge in [0, 0.05) is 31.5 Å². The fourth-order valence-corrected chi connectivity index (χ4v) is 3.45. The quantitative estimate of drug-likeness (QED) is 0.668. The highest BCUT2D eigenvalue weighted by Crippen LogP contribution is 2.20. The summed E-state index contributed by atoms with van der Waals surface area (Å²) in [6.45, 7) is 4.15. The standard InChI is InChI=1S/C23H29N3O/c1-2-26(18-20-11-7-4-8-12-20)23(27)22-17-21(14-16-25-22)24-15-13-19-9-5-3-6-10-19/h4,7-9,11-12,14,16-17H,2-3,5-6,10,13,15,18H2,1H3,(H,24,25). The minimum absolute atomic E-state index is 0.0278. The minimum atomic E-state index is -0.0278. The molecule has 3 rings (SSSR count). The van der Waals surface area contributed by atoms with E-state index in [1.807, 2.05) is 54.3 Å². The van der Waals surface area contributed by atoms with Gasteiger partial charge in [0.1, 0.15) is 5.69 Å². The molecule has 1 aromatic carbocycles. The topological polar surface area (TPSA) is 45.2 Å². The third kappa shape index (κ3) is 5.68. The molecule has 142 valence electrons. The summed E-state index contributed by atoms with van der Waals surface area (Å²) in [5, 5.41) is 3.44. The number of amides is 1. The van der Waals surface area contributed by atoms with E-state index in [4.69, 9.17) is 0 Å². The molecule has 0 aliphatic heterocycles. The molecule has 1 aliphatic rings. The number of rotatable bonds is 8. The van der Waals surface area contributed by atoms with Gasteiger partial charge in [-0.3, -0.25) is 9.78 Å². The summed E-state index contributed by atoms with van der Waals surface area (Å²) in [5.74, 6) is -0.0278. The maximum absolute atomic E-state index is 12.9. The molecule has 1 amide bonds. The summed E-state index contributed by atoms with van der Waals surface area (Å²) in [5.41, 5.74) is 4.14. The Hall–Kier alpha value is -2.62. The van der Waals surface area contributed by atoms with Gasteiger partial charge in [0.2, 0.25) is 0 Å². The van der Waals surface area contributed by atoms with E-state index in [1.165, 1.54) is 25.7 Å². The summed E-state index contributed by atoms with van der Waals surface area (Å²) in [6.07, 6.45) is 10.3. The molecule has 0 atom stereocenters. The number of carbonyl (C=O) groups is 1. The fraction of sp³-hybridized carbons (Fsp3) is 0.391. The third-order valence-corrected chi connectivity index (χ3v) is 5.02. The Morgan fingerprint density at radius 2 is 2.04 bits per heavy atom. The van der Waals surface area contributed by atoms with Crippen LogP contribution in [0.15, 0.2) is 60.3 Å². The maximum Gasteiger partial charge on any atom is 0.272 e. The second-order valence-electron chi connectivity index (χ2n) is 7.02. The highest BCUT2D eigenvalue weighted by molar-refractivity contribution is 5.93. The molecule has 0 saturated heterocycles. The molecule has 4 nitrogen and oxygen atoms in total. The first-order chi connectivity index (χ1) is 13.3. The van der Waals surface area contributed by atoms with Crippen LogP contribution in [0, 0.1) is 0 Å². The number of benzene rings is 1. The van der Waals surface area contributed by atoms with Crippen LogP contribution in [0.2, 0.25) is 0 Å². The average molecular weight is 364 g/mol. The Bertz CT molecular complexity index is 770. The Labute approximate surface area is 162 Å². The molecule has 0 saturated carbocycles. The Kier molecular flexibility index (Phi) is 7.03. The van der Waals surface area contributed by atoms with Gasteiger partial charge in [-0.25, -0.2) is 0 Å². The predicted octanol–water partition coefficient (Wildman–Crippen LogP) is 5.05. The van der Waals surface area contributed by atoms with Crippen molar-refractivity contribution in [2.75, 3.05) is 18.4 Å². The lowest BCUT2D eigenvalue weighted by Gasteiger charge is -2.21. The third-order valence-electron chi connectivity index (χ3n) is 5.02. The summed E-state index contributed by atoms with van der Waals surface area (Å²) in [7, 11) is 0. The van der Waals surface area contributed by atoms with E-state index >= 15 is 0 Å². The van der Waals surface area contributed by atoms with E-state index in [1.54, 1.807) is 11.8 Å². The van der Waals surface area contributed by atoms with Gasteiger partial charge in [0.05, 0.1) is 0 Å². The van der Waals surface area contributed by atoms with Crippen molar-refractivity contribution in [1.29, 1.82) is 0 Å². The van der Waals surface area contributed by atoms with Gasteiger partial charge in [-0.1, -0.05) is 42.0 Å². The summed E-state index contributed by atoms with van der Waals surface area (Å²) in [6, 6.07) is 13.9. The molecule has 1 aliphatic carbocycles.